The number of imidazole rings is 3. The van der Waals surface area contributed by atoms with E-state index in [2.05, 4.69) is 125 Å². The van der Waals surface area contributed by atoms with Gasteiger partial charge in [-0.1, -0.05) is 97.8 Å². The van der Waals surface area contributed by atoms with Crippen LogP contribution in [-0.4, -0.2) is 21.0 Å². The van der Waals surface area contributed by atoms with Crippen LogP contribution in [0.4, 0.5) is 0 Å². The average Bonchev–Trinajstić information content (AvgIpc) is 3.76. The Bertz CT molecular complexity index is 910. The Morgan fingerprint density at radius 3 is 0.826 bits per heavy atom. The second-order valence-electron chi connectivity index (χ2n) is 12.5. The van der Waals surface area contributed by atoms with Crippen LogP contribution in [-0.2, 0) is 40.8 Å². The molecule has 0 amide bonds. The Morgan fingerprint density at radius 2 is 0.630 bits per heavy atom. The van der Waals surface area contributed by atoms with Crippen LogP contribution in [0.25, 0.3) is 0 Å². The lowest BCUT2D eigenvalue weighted by molar-refractivity contribution is -0.671. The molecular weight excluding hydrogens is 575 g/mol. The number of unbranched alkanes of at least 4 members (excludes halogenated alkanes) is 15. The minimum Gasteiger partial charge on any atom is -0.907 e. The summed E-state index contributed by atoms with van der Waals surface area (Å²) in [6, 6.07) is 0. The van der Waals surface area contributed by atoms with Gasteiger partial charge in [-0.15, -0.1) is 0 Å². The van der Waals surface area contributed by atoms with Gasteiger partial charge in [-0.3, -0.25) is 7.32 Å². The third-order valence-corrected chi connectivity index (χ3v) is 7.78. The van der Waals surface area contributed by atoms with Crippen molar-refractivity contribution in [3.63, 3.8) is 0 Å². The summed E-state index contributed by atoms with van der Waals surface area (Å²) in [7, 11) is 3.28. The second kappa shape index (κ2) is 31.2. The maximum absolute atomic E-state index is 8.42. The lowest BCUT2D eigenvalue weighted by atomic mass is 10.1. The minimum absolute atomic E-state index is 1.17. The molecule has 0 spiro atoms. The predicted octanol–water partition coefficient (Wildman–Crippen LogP) is 4.07. The Labute approximate surface area is 282 Å². The van der Waals surface area contributed by atoms with E-state index in [0.29, 0.717) is 0 Å². The van der Waals surface area contributed by atoms with E-state index in [0.717, 1.165) is 0 Å². The molecule has 0 unspecified atom stereocenters. The Hall–Kier alpha value is -2.43. The van der Waals surface area contributed by atoms with E-state index < -0.39 is 7.32 Å². The van der Waals surface area contributed by atoms with Gasteiger partial charge >= 0.3 is 0 Å². The van der Waals surface area contributed by atoms with Crippen LogP contribution in [0.5, 0.6) is 0 Å². The molecule has 0 aromatic carbocycles. The first-order chi connectivity index (χ1) is 22.2. The van der Waals surface area contributed by atoms with Crippen molar-refractivity contribution < 1.29 is 28.8 Å². The zero-order valence-electron chi connectivity index (χ0n) is 30.5. The molecule has 0 saturated heterocycles. The van der Waals surface area contributed by atoms with Crippen molar-refractivity contribution in [2.24, 2.45) is 21.1 Å². The molecule has 3 aromatic rings. The molecule has 0 aliphatic rings. The molecule has 10 heteroatoms. The lowest BCUT2D eigenvalue weighted by Gasteiger charge is -2.35. The van der Waals surface area contributed by atoms with Crippen LogP contribution < -0.4 is 28.8 Å². The van der Waals surface area contributed by atoms with E-state index >= 15 is 0 Å². The first-order valence-electron chi connectivity index (χ1n) is 18.2. The largest absolute Gasteiger partial charge is 0.907 e. The molecule has 0 atom stereocenters. The molecular formula is C36H69BN6O3. The number of aryl methyl sites for hydroxylation is 6. The molecule has 0 bridgehead atoms. The van der Waals surface area contributed by atoms with Gasteiger partial charge in [0.05, 0.1) is 40.8 Å². The summed E-state index contributed by atoms with van der Waals surface area (Å²) in [5.74, 6) is 0. The van der Waals surface area contributed by atoms with Crippen LogP contribution in [0, 0.1) is 0 Å². The lowest BCUT2D eigenvalue weighted by Crippen LogP contribution is -2.56. The SMILES string of the molecule is CCCCCCCCn1cc[n+](C)c1.CCCCCCCCn1cc[n+](C)c1.CCCCCCCCn1cc[n+](C)c1.[O-]B([O-])[O-]. The van der Waals surface area contributed by atoms with E-state index in [1.165, 1.54) is 135 Å². The minimum atomic E-state index is -2.92. The molecule has 0 radical (unpaired) electrons. The van der Waals surface area contributed by atoms with Crippen molar-refractivity contribution in [2.75, 3.05) is 0 Å². The summed E-state index contributed by atoms with van der Waals surface area (Å²) in [6.07, 6.45) is 43.9. The van der Waals surface area contributed by atoms with Crippen molar-refractivity contribution >= 4 is 7.32 Å². The number of aromatic nitrogens is 6. The fraction of sp³-hybridized carbons (Fsp3) is 0.750. The summed E-state index contributed by atoms with van der Waals surface area (Å²) in [5.41, 5.74) is 0. The van der Waals surface area contributed by atoms with E-state index in [1.54, 1.807) is 0 Å². The van der Waals surface area contributed by atoms with E-state index in [-0.39, 0.29) is 0 Å². The molecule has 3 heterocycles. The number of nitrogens with zero attached hydrogens (tertiary/aromatic N) is 6. The summed E-state index contributed by atoms with van der Waals surface area (Å²) in [5, 5.41) is 25.2. The summed E-state index contributed by atoms with van der Waals surface area (Å²) < 4.78 is 13.1. The normalized spacial score (nSPS) is 10.4. The number of rotatable bonds is 21. The van der Waals surface area contributed by atoms with Crippen molar-refractivity contribution in [3.05, 3.63) is 56.2 Å². The molecule has 0 aliphatic heterocycles. The van der Waals surface area contributed by atoms with Gasteiger partial charge in [0, 0.05) is 0 Å². The molecule has 264 valence electrons. The quantitative estimate of drug-likeness (QED) is 0.0994. The van der Waals surface area contributed by atoms with Crippen LogP contribution in [0.1, 0.15) is 136 Å². The van der Waals surface area contributed by atoms with Gasteiger partial charge in [0.2, 0.25) is 19.0 Å². The Kier molecular flexibility index (Phi) is 29.5. The van der Waals surface area contributed by atoms with Crippen LogP contribution in [0.3, 0.4) is 0 Å². The fourth-order valence-corrected chi connectivity index (χ4v) is 5.13. The maximum atomic E-state index is 8.42. The van der Waals surface area contributed by atoms with Gasteiger partial charge < -0.3 is 15.1 Å². The molecule has 0 saturated carbocycles. The smallest absolute Gasteiger partial charge is 0.243 e. The summed E-state index contributed by atoms with van der Waals surface area (Å²) in [6.45, 7) is 10.3. The van der Waals surface area contributed by atoms with Crippen LogP contribution >= 0.6 is 0 Å². The molecule has 0 N–H and O–H groups in total. The van der Waals surface area contributed by atoms with Gasteiger partial charge in [-0.05, 0) is 38.5 Å². The highest BCUT2D eigenvalue weighted by molar-refractivity contribution is 6.24. The second-order valence-corrected chi connectivity index (χ2v) is 12.5. The molecule has 3 rings (SSSR count). The first-order valence-corrected chi connectivity index (χ1v) is 18.2. The molecule has 3 aromatic heterocycles. The van der Waals surface area contributed by atoms with E-state index in [9.17, 15) is 0 Å². The third kappa shape index (κ3) is 29.0. The van der Waals surface area contributed by atoms with Gasteiger partial charge in [-0.25, -0.2) is 27.4 Å². The topological polar surface area (TPSA) is 95.6 Å². The van der Waals surface area contributed by atoms with Gasteiger partial charge in [-0.2, -0.15) is 0 Å². The molecule has 0 aliphatic carbocycles. The van der Waals surface area contributed by atoms with Crippen molar-refractivity contribution in [2.45, 2.75) is 156 Å². The number of hydrogen-bond donors (Lipinski definition) is 0. The molecule has 0 fully saturated rings. The zero-order valence-corrected chi connectivity index (χ0v) is 30.5. The van der Waals surface area contributed by atoms with Gasteiger partial charge in [0.25, 0.3) is 0 Å². The Balaban J connectivity index is 0.000000623. The van der Waals surface area contributed by atoms with E-state index in [1.807, 2.05) is 0 Å². The molecule has 9 nitrogen and oxygen atoms in total. The van der Waals surface area contributed by atoms with Crippen LogP contribution in [0.2, 0.25) is 0 Å². The van der Waals surface area contributed by atoms with Gasteiger partial charge in [0.15, 0.2) is 0 Å². The monoisotopic (exact) mass is 645 g/mol. The average molecular weight is 645 g/mol. The fourth-order valence-electron chi connectivity index (χ4n) is 5.13. The Morgan fingerprint density at radius 1 is 0.413 bits per heavy atom. The van der Waals surface area contributed by atoms with Crippen LogP contribution in [0.15, 0.2) is 56.2 Å². The summed E-state index contributed by atoms with van der Waals surface area (Å²) in [4.78, 5) is 0. The first kappa shape index (κ1) is 43.6. The zero-order chi connectivity index (χ0) is 34.3. The molecule has 46 heavy (non-hydrogen) atoms. The summed E-state index contributed by atoms with van der Waals surface area (Å²) >= 11 is 0. The standard InChI is InChI=1S/3C12H23N2.BO3/c3*1-3-4-5-6-7-8-9-14-11-10-13(2)12-14;2-1(3)4/h3*10-12H,3-9H2,1-2H3;/q3*+1;-3. The highest BCUT2D eigenvalue weighted by Gasteiger charge is 2.00. The highest BCUT2D eigenvalue weighted by atomic mass is 16.5. The van der Waals surface area contributed by atoms with Crippen molar-refractivity contribution in [3.8, 4) is 0 Å². The van der Waals surface area contributed by atoms with Gasteiger partial charge in [0.1, 0.15) is 37.2 Å². The van der Waals surface area contributed by atoms with Crippen molar-refractivity contribution in [1.82, 2.24) is 13.7 Å². The number of hydrogen-bond acceptors (Lipinski definition) is 3. The highest BCUT2D eigenvalue weighted by Crippen LogP contribution is 2.07. The van der Waals surface area contributed by atoms with E-state index in [4.69, 9.17) is 15.1 Å². The predicted molar refractivity (Wildman–Crippen MR) is 183 cm³/mol. The third-order valence-electron chi connectivity index (χ3n) is 7.78. The maximum Gasteiger partial charge on any atom is 0.243 e. The van der Waals surface area contributed by atoms with Crippen molar-refractivity contribution in [1.29, 1.82) is 0 Å².